The monoisotopic (exact) mass is 256 g/mol. The van der Waals surface area contributed by atoms with Crippen LogP contribution in [0.1, 0.15) is 17.2 Å². The molecule has 0 radical (unpaired) electrons. The predicted molar refractivity (Wildman–Crippen MR) is 73.1 cm³/mol. The third kappa shape index (κ3) is 3.42. The number of ether oxygens (including phenoxy) is 1. The quantitative estimate of drug-likeness (QED) is 0.894. The highest BCUT2D eigenvalue weighted by Gasteiger charge is 2.17. The van der Waals surface area contributed by atoms with Gasteiger partial charge in [-0.25, -0.2) is 0 Å². The van der Waals surface area contributed by atoms with Crippen LogP contribution in [0.25, 0.3) is 0 Å². The van der Waals surface area contributed by atoms with E-state index >= 15 is 0 Å². The molecule has 1 N–H and O–H groups in total. The summed E-state index contributed by atoms with van der Waals surface area (Å²) in [5.41, 5.74) is 1.49. The van der Waals surface area contributed by atoms with Gasteiger partial charge in [0.2, 0.25) is 0 Å². The summed E-state index contributed by atoms with van der Waals surface area (Å²) in [5.74, 6) is 0.489. The fraction of sp³-hybridized carbons (Fsp3) is 0.188. The SMILES string of the molecule is COc1ccc([C@H](O)C(=O)Cc2ccccc2)cc1. The first kappa shape index (κ1) is 13.3. The van der Waals surface area contributed by atoms with Crippen LogP contribution in [-0.4, -0.2) is 18.0 Å². The van der Waals surface area contributed by atoms with Gasteiger partial charge in [0.15, 0.2) is 5.78 Å². The summed E-state index contributed by atoms with van der Waals surface area (Å²) in [6.07, 6.45) is -0.861. The molecule has 0 amide bonds. The van der Waals surface area contributed by atoms with Crippen LogP contribution in [0.4, 0.5) is 0 Å². The number of aliphatic hydroxyl groups excluding tert-OH is 1. The molecule has 1 atom stereocenters. The number of carbonyl (C=O) groups is 1. The van der Waals surface area contributed by atoms with Gasteiger partial charge in [0.25, 0.3) is 0 Å². The first-order valence-corrected chi connectivity index (χ1v) is 6.09. The minimum atomic E-state index is -1.09. The zero-order chi connectivity index (χ0) is 13.7. The Morgan fingerprint density at radius 2 is 1.74 bits per heavy atom. The lowest BCUT2D eigenvalue weighted by molar-refractivity contribution is -0.126. The van der Waals surface area contributed by atoms with E-state index in [1.807, 2.05) is 30.3 Å². The fourth-order valence-corrected chi connectivity index (χ4v) is 1.87. The maximum Gasteiger partial charge on any atom is 0.170 e. The minimum Gasteiger partial charge on any atom is -0.497 e. The van der Waals surface area contributed by atoms with Crippen molar-refractivity contribution in [3.05, 3.63) is 65.7 Å². The van der Waals surface area contributed by atoms with Crippen molar-refractivity contribution in [2.75, 3.05) is 7.11 Å². The molecule has 0 aromatic heterocycles. The van der Waals surface area contributed by atoms with Crippen LogP contribution in [0, 0.1) is 0 Å². The van der Waals surface area contributed by atoms with Crippen LogP contribution in [0.5, 0.6) is 5.75 Å². The zero-order valence-corrected chi connectivity index (χ0v) is 10.7. The van der Waals surface area contributed by atoms with Gasteiger partial charge >= 0.3 is 0 Å². The molecular weight excluding hydrogens is 240 g/mol. The lowest BCUT2D eigenvalue weighted by Crippen LogP contribution is -2.14. The molecule has 3 heteroatoms. The number of ketones is 1. The van der Waals surface area contributed by atoms with E-state index in [1.165, 1.54) is 0 Å². The third-order valence-electron chi connectivity index (χ3n) is 2.96. The van der Waals surface area contributed by atoms with Crippen molar-refractivity contribution >= 4 is 5.78 Å². The van der Waals surface area contributed by atoms with Crippen molar-refractivity contribution in [3.8, 4) is 5.75 Å². The van der Waals surface area contributed by atoms with E-state index in [2.05, 4.69) is 0 Å². The summed E-state index contributed by atoms with van der Waals surface area (Å²) in [4.78, 5) is 12.0. The molecule has 0 fully saturated rings. The number of carbonyl (C=O) groups excluding carboxylic acids is 1. The standard InChI is InChI=1S/C16H16O3/c1-19-14-9-7-13(8-10-14)16(18)15(17)11-12-5-3-2-4-6-12/h2-10,16,18H,11H2,1H3/t16-/m0/s1. The predicted octanol–water partition coefficient (Wildman–Crippen LogP) is 2.54. The van der Waals surface area contributed by atoms with Gasteiger partial charge in [0, 0.05) is 6.42 Å². The number of benzene rings is 2. The van der Waals surface area contributed by atoms with Crippen LogP contribution in [0.15, 0.2) is 54.6 Å². The molecule has 3 nitrogen and oxygen atoms in total. The van der Waals surface area contributed by atoms with Crippen LogP contribution >= 0.6 is 0 Å². The lowest BCUT2D eigenvalue weighted by atomic mass is 10.00. The largest absolute Gasteiger partial charge is 0.497 e. The highest BCUT2D eigenvalue weighted by Crippen LogP contribution is 2.19. The molecule has 0 saturated carbocycles. The summed E-state index contributed by atoms with van der Waals surface area (Å²) >= 11 is 0. The van der Waals surface area contributed by atoms with E-state index in [-0.39, 0.29) is 12.2 Å². The molecule has 0 aliphatic rings. The van der Waals surface area contributed by atoms with Crippen molar-refractivity contribution in [2.24, 2.45) is 0 Å². The second kappa shape index (κ2) is 6.16. The van der Waals surface area contributed by atoms with Crippen LogP contribution in [0.3, 0.4) is 0 Å². The van der Waals surface area contributed by atoms with Gasteiger partial charge in [0.05, 0.1) is 7.11 Å². The Bertz CT molecular complexity index is 532. The summed E-state index contributed by atoms with van der Waals surface area (Å²) in [6.45, 7) is 0. The molecule has 0 aliphatic carbocycles. The molecule has 2 aromatic carbocycles. The van der Waals surface area contributed by atoms with Crippen LogP contribution in [-0.2, 0) is 11.2 Å². The average molecular weight is 256 g/mol. The number of hydrogen-bond acceptors (Lipinski definition) is 3. The van der Waals surface area contributed by atoms with E-state index in [0.29, 0.717) is 11.3 Å². The molecular formula is C16H16O3. The van der Waals surface area contributed by atoms with Gasteiger partial charge in [-0.2, -0.15) is 0 Å². The van der Waals surface area contributed by atoms with E-state index in [1.54, 1.807) is 31.4 Å². The van der Waals surface area contributed by atoms with Crippen molar-refractivity contribution in [3.63, 3.8) is 0 Å². The van der Waals surface area contributed by atoms with Crippen molar-refractivity contribution in [2.45, 2.75) is 12.5 Å². The Hall–Kier alpha value is -2.13. The molecule has 0 unspecified atom stereocenters. The fourth-order valence-electron chi connectivity index (χ4n) is 1.87. The smallest absolute Gasteiger partial charge is 0.170 e. The summed E-state index contributed by atoms with van der Waals surface area (Å²) < 4.78 is 5.04. The maximum absolute atomic E-state index is 12.0. The number of Topliss-reactive ketones (excluding diaryl/α,β-unsaturated/α-hetero) is 1. The Balaban J connectivity index is 2.06. The van der Waals surface area contributed by atoms with Gasteiger partial charge < -0.3 is 9.84 Å². The van der Waals surface area contributed by atoms with E-state index < -0.39 is 6.10 Å². The van der Waals surface area contributed by atoms with Crippen molar-refractivity contribution in [1.82, 2.24) is 0 Å². The van der Waals surface area contributed by atoms with Crippen molar-refractivity contribution in [1.29, 1.82) is 0 Å². The molecule has 2 rings (SSSR count). The van der Waals surface area contributed by atoms with Gasteiger partial charge in [-0.05, 0) is 23.3 Å². The molecule has 98 valence electrons. The van der Waals surface area contributed by atoms with E-state index in [9.17, 15) is 9.90 Å². The summed E-state index contributed by atoms with van der Waals surface area (Å²) in [5, 5.41) is 10.0. The van der Waals surface area contributed by atoms with E-state index in [4.69, 9.17) is 4.74 Å². The molecule has 0 spiro atoms. The second-order valence-electron chi connectivity index (χ2n) is 4.30. The van der Waals surface area contributed by atoms with Gasteiger partial charge in [0.1, 0.15) is 11.9 Å². The third-order valence-corrected chi connectivity index (χ3v) is 2.96. The average Bonchev–Trinajstić information content (AvgIpc) is 2.47. The lowest BCUT2D eigenvalue weighted by Gasteiger charge is -2.10. The number of rotatable bonds is 5. The second-order valence-corrected chi connectivity index (χ2v) is 4.30. The Morgan fingerprint density at radius 3 is 2.32 bits per heavy atom. The highest BCUT2D eigenvalue weighted by atomic mass is 16.5. The first-order chi connectivity index (χ1) is 9.20. The van der Waals surface area contributed by atoms with E-state index in [0.717, 1.165) is 5.56 Å². The van der Waals surface area contributed by atoms with Crippen LogP contribution in [0.2, 0.25) is 0 Å². The summed E-state index contributed by atoms with van der Waals surface area (Å²) in [7, 11) is 1.58. The molecule has 0 saturated heterocycles. The minimum absolute atomic E-state index is 0.212. The maximum atomic E-state index is 12.0. The van der Waals surface area contributed by atoms with Crippen LogP contribution < -0.4 is 4.74 Å². The zero-order valence-electron chi connectivity index (χ0n) is 10.7. The normalized spacial score (nSPS) is 11.9. The van der Waals surface area contributed by atoms with Crippen molar-refractivity contribution < 1.29 is 14.6 Å². The Labute approximate surface area is 112 Å². The molecule has 0 aliphatic heterocycles. The Kier molecular flexibility index (Phi) is 4.31. The first-order valence-electron chi connectivity index (χ1n) is 6.09. The summed E-state index contributed by atoms with van der Waals surface area (Å²) in [6, 6.07) is 16.3. The van der Waals surface area contributed by atoms with Gasteiger partial charge in [-0.15, -0.1) is 0 Å². The number of aliphatic hydroxyl groups is 1. The van der Waals surface area contributed by atoms with Gasteiger partial charge in [-0.1, -0.05) is 42.5 Å². The molecule has 19 heavy (non-hydrogen) atoms. The molecule has 0 heterocycles. The molecule has 0 bridgehead atoms. The molecule has 2 aromatic rings. The number of methoxy groups -OCH3 is 1. The Morgan fingerprint density at radius 1 is 1.11 bits per heavy atom. The number of hydrogen-bond donors (Lipinski definition) is 1. The topological polar surface area (TPSA) is 46.5 Å². The van der Waals surface area contributed by atoms with Gasteiger partial charge in [-0.3, -0.25) is 4.79 Å². The highest BCUT2D eigenvalue weighted by molar-refractivity contribution is 5.86.